The predicted molar refractivity (Wildman–Crippen MR) is 123 cm³/mol. The van der Waals surface area contributed by atoms with E-state index in [0.717, 1.165) is 5.56 Å². The number of nitrogens with one attached hydrogen (secondary N) is 2. The second kappa shape index (κ2) is 10.1. The maximum atomic E-state index is 12.6. The molecule has 0 bridgehead atoms. The molecule has 9 heteroatoms. The van der Waals surface area contributed by atoms with Crippen molar-refractivity contribution in [2.75, 3.05) is 16.6 Å². The van der Waals surface area contributed by atoms with Crippen LogP contribution in [0, 0.1) is 13.8 Å². The number of nitrogens with zero attached hydrogens (tertiary/aromatic N) is 2. The van der Waals surface area contributed by atoms with Crippen LogP contribution in [0.15, 0.2) is 72.1 Å². The Kier molecular flexibility index (Phi) is 7.21. The fourth-order valence-corrected chi connectivity index (χ4v) is 3.92. The summed E-state index contributed by atoms with van der Waals surface area (Å²) in [6.45, 7) is 7.04. The Morgan fingerprint density at radius 1 is 1.06 bits per heavy atom. The van der Waals surface area contributed by atoms with Crippen LogP contribution in [0.3, 0.4) is 0 Å². The summed E-state index contributed by atoms with van der Waals surface area (Å²) in [6.07, 6.45) is 2.40. The van der Waals surface area contributed by atoms with Gasteiger partial charge in [-0.15, -0.1) is 6.58 Å². The highest BCUT2D eigenvalue weighted by Crippen LogP contribution is 2.20. The lowest BCUT2D eigenvalue weighted by molar-refractivity contribution is -0.118. The zero-order valence-corrected chi connectivity index (χ0v) is 18.6. The first-order chi connectivity index (χ1) is 15.3. The molecule has 3 aromatic rings. The topological polar surface area (TPSA) is 110 Å². The first-order valence-corrected chi connectivity index (χ1v) is 11.3. The SMILES string of the molecule is C=CCc1ccccc1OCC(=O)Nc1ccc(S(=O)(=O)Nc2nc(C)cc(C)n2)cc1. The molecule has 0 fully saturated rings. The van der Waals surface area contributed by atoms with Gasteiger partial charge in [-0.2, -0.15) is 0 Å². The molecule has 0 saturated heterocycles. The highest BCUT2D eigenvalue weighted by atomic mass is 32.2. The minimum atomic E-state index is -3.87. The zero-order chi connectivity index (χ0) is 23.1. The van der Waals surface area contributed by atoms with E-state index in [2.05, 4.69) is 26.6 Å². The maximum Gasteiger partial charge on any atom is 0.264 e. The smallest absolute Gasteiger partial charge is 0.264 e. The van der Waals surface area contributed by atoms with Gasteiger partial charge in [-0.05, 0) is 62.2 Å². The number of benzene rings is 2. The van der Waals surface area contributed by atoms with Gasteiger partial charge in [0.2, 0.25) is 5.95 Å². The van der Waals surface area contributed by atoms with E-state index in [1.54, 1.807) is 32.1 Å². The second-order valence-corrected chi connectivity index (χ2v) is 8.72. The van der Waals surface area contributed by atoms with Gasteiger partial charge >= 0.3 is 0 Å². The number of carbonyl (C=O) groups excluding carboxylic acids is 1. The molecule has 32 heavy (non-hydrogen) atoms. The normalized spacial score (nSPS) is 10.9. The molecular formula is C23H24N4O4S. The van der Waals surface area contributed by atoms with Crippen LogP contribution in [0.5, 0.6) is 5.75 Å². The lowest BCUT2D eigenvalue weighted by Crippen LogP contribution is -2.20. The molecule has 8 nitrogen and oxygen atoms in total. The molecule has 166 valence electrons. The summed E-state index contributed by atoms with van der Waals surface area (Å²) >= 11 is 0. The number of aromatic nitrogens is 2. The molecule has 0 aliphatic heterocycles. The number of aryl methyl sites for hydroxylation is 2. The van der Waals surface area contributed by atoms with Gasteiger partial charge in [0.1, 0.15) is 5.75 Å². The van der Waals surface area contributed by atoms with Crippen molar-refractivity contribution in [2.24, 2.45) is 0 Å². The van der Waals surface area contributed by atoms with Gasteiger partial charge in [0.15, 0.2) is 6.61 Å². The number of sulfonamides is 1. The van der Waals surface area contributed by atoms with Gasteiger partial charge in [0, 0.05) is 17.1 Å². The number of hydrogen-bond donors (Lipinski definition) is 2. The highest BCUT2D eigenvalue weighted by molar-refractivity contribution is 7.92. The van der Waals surface area contributed by atoms with Crippen LogP contribution in [-0.4, -0.2) is 30.9 Å². The summed E-state index contributed by atoms with van der Waals surface area (Å²) in [7, 11) is -3.87. The number of hydrogen-bond acceptors (Lipinski definition) is 6. The van der Waals surface area contributed by atoms with Crippen molar-refractivity contribution in [3.05, 3.63) is 84.2 Å². The highest BCUT2D eigenvalue weighted by Gasteiger charge is 2.16. The molecule has 0 aliphatic rings. The Balaban J connectivity index is 1.61. The molecule has 2 aromatic carbocycles. The second-order valence-electron chi connectivity index (χ2n) is 7.04. The molecule has 0 radical (unpaired) electrons. The van der Waals surface area contributed by atoms with Crippen molar-refractivity contribution in [2.45, 2.75) is 25.2 Å². The summed E-state index contributed by atoms with van der Waals surface area (Å²) in [5.41, 5.74) is 2.69. The van der Waals surface area contributed by atoms with Gasteiger partial charge in [0.25, 0.3) is 15.9 Å². The number of para-hydroxylation sites is 1. The minimum absolute atomic E-state index is 0.00811. The zero-order valence-electron chi connectivity index (χ0n) is 17.8. The largest absolute Gasteiger partial charge is 0.483 e. The molecular weight excluding hydrogens is 428 g/mol. The van der Waals surface area contributed by atoms with Crippen LogP contribution in [0.4, 0.5) is 11.6 Å². The third-order valence-electron chi connectivity index (χ3n) is 4.35. The average Bonchev–Trinajstić information content (AvgIpc) is 2.72. The molecule has 3 rings (SSSR count). The Morgan fingerprint density at radius 2 is 1.72 bits per heavy atom. The first kappa shape index (κ1) is 23.0. The lowest BCUT2D eigenvalue weighted by Gasteiger charge is -2.11. The van der Waals surface area contributed by atoms with Crippen LogP contribution in [0.1, 0.15) is 17.0 Å². The van der Waals surface area contributed by atoms with Gasteiger partial charge in [-0.3, -0.25) is 4.79 Å². The van der Waals surface area contributed by atoms with Crippen molar-refractivity contribution >= 4 is 27.6 Å². The van der Waals surface area contributed by atoms with E-state index in [0.29, 0.717) is 29.2 Å². The van der Waals surface area contributed by atoms with Crippen molar-refractivity contribution in [3.63, 3.8) is 0 Å². The number of rotatable bonds is 9. The Hall–Kier alpha value is -3.72. The lowest BCUT2D eigenvalue weighted by atomic mass is 10.1. The number of amides is 1. The van der Waals surface area contributed by atoms with Crippen LogP contribution >= 0.6 is 0 Å². The molecule has 0 unspecified atom stereocenters. The van der Waals surface area contributed by atoms with E-state index in [4.69, 9.17) is 4.74 Å². The molecule has 0 atom stereocenters. The summed E-state index contributed by atoms with van der Waals surface area (Å²) < 4.78 is 33.2. The summed E-state index contributed by atoms with van der Waals surface area (Å²) in [4.78, 5) is 20.4. The fourth-order valence-electron chi connectivity index (χ4n) is 2.98. The quantitative estimate of drug-likeness (QED) is 0.480. The Labute approximate surface area is 187 Å². The van der Waals surface area contributed by atoms with Crippen molar-refractivity contribution in [3.8, 4) is 5.75 Å². The first-order valence-electron chi connectivity index (χ1n) is 9.83. The average molecular weight is 453 g/mol. The van der Waals surface area contributed by atoms with Crippen LogP contribution < -0.4 is 14.8 Å². The Bertz CT molecular complexity index is 1200. The fraction of sp³-hybridized carbons (Fsp3) is 0.174. The van der Waals surface area contributed by atoms with E-state index in [1.807, 2.05) is 18.2 Å². The van der Waals surface area contributed by atoms with Gasteiger partial charge in [0.05, 0.1) is 4.90 Å². The van der Waals surface area contributed by atoms with Crippen molar-refractivity contribution in [1.82, 2.24) is 9.97 Å². The molecule has 1 amide bonds. The monoisotopic (exact) mass is 452 g/mol. The predicted octanol–water partition coefficient (Wildman–Crippen LogP) is 3.64. The number of ether oxygens (including phenoxy) is 1. The van der Waals surface area contributed by atoms with Gasteiger partial charge in [-0.25, -0.2) is 23.1 Å². The van der Waals surface area contributed by atoms with E-state index in [1.165, 1.54) is 24.3 Å². The summed E-state index contributed by atoms with van der Waals surface area (Å²) in [5.74, 6) is 0.258. The molecule has 2 N–H and O–H groups in total. The number of anilines is 2. The van der Waals surface area contributed by atoms with Crippen molar-refractivity contribution in [1.29, 1.82) is 0 Å². The van der Waals surface area contributed by atoms with Crippen LogP contribution in [-0.2, 0) is 21.2 Å². The third kappa shape index (κ3) is 6.14. The molecule has 0 spiro atoms. The maximum absolute atomic E-state index is 12.6. The standard InChI is InChI=1S/C23H24N4O4S/c1-4-7-18-8-5-6-9-21(18)31-15-22(28)26-19-10-12-20(13-11-19)32(29,30)27-23-24-16(2)14-17(3)25-23/h4-6,8-14H,1,7,15H2,2-3H3,(H,26,28)(H,24,25,27). The van der Waals surface area contributed by atoms with Crippen LogP contribution in [0.25, 0.3) is 0 Å². The summed E-state index contributed by atoms with van der Waals surface area (Å²) in [6, 6.07) is 14.9. The third-order valence-corrected chi connectivity index (χ3v) is 5.70. The number of carbonyl (C=O) groups is 1. The molecule has 1 aromatic heterocycles. The van der Waals surface area contributed by atoms with Gasteiger partial charge in [-0.1, -0.05) is 24.3 Å². The molecule has 0 aliphatic carbocycles. The van der Waals surface area contributed by atoms with Gasteiger partial charge < -0.3 is 10.1 Å². The van der Waals surface area contributed by atoms with E-state index in [-0.39, 0.29) is 23.4 Å². The van der Waals surface area contributed by atoms with E-state index in [9.17, 15) is 13.2 Å². The van der Waals surface area contributed by atoms with E-state index >= 15 is 0 Å². The number of allylic oxidation sites excluding steroid dienone is 1. The summed E-state index contributed by atoms with van der Waals surface area (Å²) in [5, 5.41) is 2.68. The van der Waals surface area contributed by atoms with Crippen LogP contribution in [0.2, 0.25) is 0 Å². The van der Waals surface area contributed by atoms with E-state index < -0.39 is 10.0 Å². The Morgan fingerprint density at radius 3 is 2.38 bits per heavy atom. The molecule has 1 heterocycles. The molecule has 0 saturated carbocycles. The minimum Gasteiger partial charge on any atom is -0.483 e. The van der Waals surface area contributed by atoms with Crippen molar-refractivity contribution < 1.29 is 17.9 Å².